The summed E-state index contributed by atoms with van der Waals surface area (Å²) in [4.78, 5) is 2.17. The van der Waals surface area contributed by atoms with Crippen LogP contribution < -0.4 is 0 Å². The highest BCUT2D eigenvalue weighted by atomic mass is 35.5. The zero-order valence-electron chi connectivity index (χ0n) is 15.7. The molecule has 150 valence electrons. The third-order valence-electron chi connectivity index (χ3n) is 4.28. The predicted molar refractivity (Wildman–Crippen MR) is 105 cm³/mol. The number of allylic oxidation sites excluding steroid dienone is 3. The van der Waals surface area contributed by atoms with Crippen LogP contribution in [-0.2, 0) is 10.0 Å². The van der Waals surface area contributed by atoms with E-state index in [-0.39, 0.29) is 16.4 Å². The van der Waals surface area contributed by atoms with Gasteiger partial charge in [-0.05, 0) is 38.1 Å². The summed E-state index contributed by atoms with van der Waals surface area (Å²) in [5, 5.41) is 16.4. The van der Waals surface area contributed by atoms with E-state index in [0.29, 0.717) is 38.4 Å². The molecule has 0 spiro atoms. The van der Waals surface area contributed by atoms with Gasteiger partial charge in [-0.3, -0.25) is 4.90 Å². The number of piperazine rings is 1. The summed E-state index contributed by atoms with van der Waals surface area (Å²) in [6.45, 7) is 7.62. The molecule has 0 saturated carbocycles. The minimum absolute atomic E-state index is 0.0533. The topological polar surface area (TPSA) is 99.8 Å². The van der Waals surface area contributed by atoms with Crippen LogP contribution in [0.2, 0.25) is 0 Å². The summed E-state index contributed by atoms with van der Waals surface area (Å²) in [5.74, 6) is 0.208. The van der Waals surface area contributed by atoms with Gasteiger partial charge in [0.2, 0.25) is 10.0 Å². The van der Waals surface area contributed by atoms with Gasteiger partial charge >= 0.3 is 0 Å². The first-order valence-corrected chi connectivity index (χ1v) is 10.6. The Morgan fingerprint density at radius 3 is 2.48 bits per heavy atom. The number of hydrogen-bond donors (Lipinski definition) is 1. The van der Waals surface area contributed by atoms with Crippen LogP contribution >= 0.6 is 11.6 Å². The van der Waals surface area contributed by atoms with Crippen molar-refractivity contribution in [1.29, 1.82) is 0 Å². The summed E-state index contributed by atoms with van der Waals surface area (Å²) in [5.41, 5.74) is 0.466. The normalized spacial score (nSPS) is 19.7. The molecule has 1 aromatic heterocycles. The maximum absolute atomic E-state index is 13.1. The molecule has 1 aliphatic heterocycles. The van der Waals surface area contributed by atoms with Crippen molar-refractivity contribution in [2.75, 3.05) is 32.7 Å². The number of rotatable bonds is 7. The minimum Gasteiger partial charge on any atom is -0.508 e. The summed E-state index contributed by atoms with van der Waals surface area (Å²) < 4.78 is 32.3. The minimum atomic E-state index is -3.73. The van der Waals surface area contributed by atoms with Gasteiger partial charge in [-0.15, -0.1) is 11.6 Å². The van der Waals surface area contributed by atoms with Crippen LogP contribution in [0.4, 0.5) is 0 Å². The second-order valence-electron chi connectivity index (χ2n) is 6.09. The van der Waals surface area contributed by atoms with E-state index in [1.807, 2.05) is 6.08 Å². The van der Waals surface area contributed by atoms with Crippen LogP contribution in [0.1, 0.15) is 37.5 Å². The van der Waals surface area contributed by atoms with Crippen LogP contribution in [0.5, 0.6) is 0 Å². The van der Waals surface area contributed by atoms with Gasteiger partial charge < -0.3 is 5.11 Å². The fourth-order valence-electron chi connectivity index (χ4n) is 2.75. The van der Waals surface area contributed by atoms with Crippen molar-refractivity contribution < 1.29 is 18.2 Å². The highest BCUT2D eigenvalue weighted by molar-refractivity contribution is 7.98. The molecule has 8 nitrogen and oxygen atoms in total. The molecule has 0 amide bonds. The highest BCUT2D eigenvalue weighted by Crippen LogP contribution is 2.30. The molecule has 1 atom stereocenters. The molecule has 1 saturated heterocycles. The van der Waals surface area contributed by atoms with Crippen LogP contribution in [0, 0.1) is 0 Å². The quantitative estimate of drug-likeness (QED) is 0.414. The first kappa shape index (κ1) is 21.6. The highest BCUT2D eigenvalue weighted by Gasteiger charge is 2.34. The maximum atomic E-state index is 13.1. The van der Waals surface area contributed by atoms with Crippen LogP contribution in [0.25, 0.3) is 4.91 Å². The van der Waals surface area contributed by atoms with E-state index in [2.05, 4.69) is 15.2 Å². The second kappa shape index (κ2) is 9.50. The van der Waals surface area contributed by atoms with E-state index in [1.54, 1.807) is 32.9 Å². The Kier molecular flexibility index (Phi) is 7.60. The Bertz CT molecular complexity index is 822. The first-order valence-electron chi connectivity index (χ1n) is 8.68. The Morgan fingerprint density at radius 1 is 1.26 bits per heavy atom. The molecule has 1 N–H and O–H groups in total. The fraction of sp³-hybridized carbons (Fsp3) is 0.529. The van der Waals surface area contributed by atoms with Crippen LogP contribution in [-0.4, -0.2) is 65.8 Å². The van der Waals surface area contributed by atoms with Crippen molar-refractivity contribution in [3.8, 4) is 0 Å². The number of aliphatic hydroxyl groups is 1. The number of alkyl halides is 1. The average molecular weight is 417 g/mol. The van der Waals surface area contributed by atoms with E-state index in [0.717, 1.165) is 0 Å². The lowest BCUT2D eigenvalue weighted by molar-refractivity contribution is 0.205. The number of hydrogen-bond acceptors (Lipinski definition) is 7. The zero-order valence-corrected chi connectivity index (χ0v) is 17.2. The van der Waals surface area contributed by atoms with Crippen LogP contribution in [0.15, 0.2) is 34.7 Å². The van der Waals surface area contributed by atoms with E-state index in [4.69, 9.17) is 16.2 Å². The van der Waals surface area contributed by atoms with Gasteiger partial charge in [-0.2, -0.15) is 4.31 Å². The average Bonchev–Trinajstić information content (AvgIpc) is 3.12. The van der Waals surface area contributed by atoms with Gasteiger partial charge in [0.25, 0.3) is 0 Å². The summed E-state index contributed by atoms with van der Waals surface area (Å²) in [6.07, 6.45) is 6.58. The molecular formula is C17H25ClN4O4S. The first-order chi connectivity index (χ1) is 12.8. The largest absolute Gasteiger partial charge is 0.508 e. The molecular weight excluding hydrogens is 392 g/mol. The van der Waals surface area contributed by atoms with Gasteiger partial charge in [-0.25, -0.2) is 13.0 Å². The standard InChI is InChI=1S/C17H25ClN4O4S/c1-4-14(23)7-6-8-21-9-11-22(12-10-21)27(24,25)15(5-2)17-16(13(3)18)19-26-20-17/h4-7,13,23H,8-12H2,1-3H3/b7-6-,14-4+,15-5+. The molecule has 1 aromatic rings. The van der Waals surface area contributed by atoms with Gasteiger partial charge in [0.1, 0.15) is 16.4 Å². The number of nitrogens with zero attached hydrogens (tertiary/aromatic N) is 4. The third-order valence-corrected chi connectivity index (χ3v) is 6.52. The fourth-order valence-corrected chi connectivity index (χ4v) is 4.49. The molecule has 0 bridgehead atoms. The van der Waals surface area contributed by atoms with E-state index >= 15 is 0 Å². The van der Waals surface area contributed by atoms with Crippen LogP contribution in [0.3, 0.4) is 0 Å². The summed E-state index contributed by atoms with van der Waals surface area (Å²) in [6, 6.07) is 0. The number of aromatic nitrogens is 2. The van der Waals surface area contributed by atoms with Crippen molar-refractivity contribution in [3.05, 3.63) is 41.5 Å². The number of halogens is 1. The molecule has 27 heavy (non-hydrogen) atoms. The van der Waals surface area contributed by atoms with Gasteiger partial charge in [0.15, 0.2) is 5.69 Å². The van der Waals surface area contributed by atoms with E-state index in [9.17, 15) is 13.5 Å². The molecule has 1 unspecified atom stereocenters. The molecule has 1 fully saturated rings. The van der Waals surface area contributed by atoms with Crippen molar-refractivity contribution in [2.24, 2.45) is 0 Å². The molecule has 1 aliphatic rings. The lowest BCUT2D eigenvalue weighted by Gasteiger charge is -2.33. The molecule has 0 radical (unpaired) electrons. The predicted octanol–water partition coefficient (Wildman–Crippen LogP) is 2.70. The Labute approximate surface area is 164 Å². The molecule has 10 heteroatoms. The molecule has 2 heterocycles. The van der Waals surface area contributed by atoms with Crippen molar-refractivity contribution in [3.63, 3.8) is 0 Å². The molecule has 0 aliphatic carbocycles. The van der Waals surface area contributed by atoms with Crippen molar-refractivity contribution >= 4 is 26.5 Å². The van der Waals surface area contributed by atoms with E-state index < -0.39 is 15.4 Å². The molecule has 2 rings (SSSR count). The van der Waals surface area contributed by atoms with Gasteiger partial charge in [0, 0.05) is 32.7 Å². The van der Waals surface area contributed by atoms with E-state index in [1.165, 1.54) is 10.4 Å². The third kappa shape index (κ3) is 5.19. The lowest BCUT2D eigenvalue weighted by atomic mass is 10.2. The molecule has 0 aromatic carbocycles. The van der Waals surface area contributed by atoms with Crippen molar-refractivity contribution in [2.45, 2.75) is 26.1 Å². The Morgan fingerprint density at radius 2 is 1.93 bits per heavy atom. The number of sulfonamides is 1. The lowest BCUT2D eigenvalue weighted by Crippen LogP contribution is -2.48. The van der Waals surface area contributed by atoms with Gasteiger partial charge in [0.05, 0.1) is 5.38 Å². The Balaban J connectivity index is 2.07. The second-order valence-corrected chi connectivity index (χ2v) is 8.65. The number of aliphatic hydroxyl groups excluding tert-OH is 1. The van der Waals surface area contributed by atoms with Crippen molar-refractivity contribution in [1.82, 2.24) is 19.5 Å². The monoisotopic (exact) mass is 416 g/mol. The smallest absolute Gasteiger partial charge is 0.245 e. The van der Waals surface area contributed by atoms with Gasteiger partial charge in [-0.1, -0.05) is 17.3 Å². The SMILES string of the molecule is C/C=C(O)\C=C/CN1CCN(S(=O)(=O)/C(=C/C)c2nonc2C(C)Cl)CC1. The summed E-state index contributed by atoms with van der Waals surface area (Å²) >= 11 is 6.05. The Hall–Kier alpha value is -1.68. The zero-order chi connectivity index (χ0) is 20.0. The summed E-state index contributed by atoms with van der Waals surface area (Å²) in [7, 11) is -3.73. The maximum Gasteiger partial charge on any atom is 0.245 e.